The lowest BCUT2D eigenvalue weighted by molar-refractivity contribution is 0.443. The van der Waals surface area contributed by atoms with E-state index in [2.05, 4.69) is 39.2 Å². The average Bonchev–Trinajstić information content (AvgIpc) is 2.17. The molecule has 1 aromatic carbocycles. The van der Waals surface area contributed by atoms with Crippen LogP contribution >= 0.6 is 9.39 Å². The highest BCUT2D eigenvalue weighted by Gasteiger charge is 2.12. The molecule has 70 valence electrons. The molecule has 0 N–H and O–H groups in total. The molecule has 0 saturated heterocycles. The van der Waals surface area contributed by atoms with Crippen molar-refractivity contribution in [1.29, 1.82) is 0 Å². The summed E-state index contributed by atoms with van der Waals surface area (Å²) < 4.78 is 2.30. The molecule has 1 aliphatic heterocycles. The van der Waals surface area contributed by atoms with Crippen molar-refractivity contribution in [3.8, 4) is 0 Å². The quantitative estimate of drug-likeness (QED) is 0.619. The van der Waals surface area contributed by atoms with E-state index in [4.69, 9.17) is 0 Å². The third-order valence-corrected chi connectivity index (χ3v) is 3.16. The number of fused-ring (bicyclic) bond motifs is 1. The molecular formula is C11H16NP. The van der Waals surface area contributed by atoms with Crippen LogP contribution < -0.4 is 0 Å². The number of aryl methyl sites for hydroxylation is 1. The van der Waals surface area contributed by atoms with E-state index in [9.17, 15) is 0 Å². The molecule has 1 unspecified atom stereocenters. The Morgan fingerprint density at radius 1 is 1.38 bits per heavy atom. The number of nitrogens with zero attached hydrogens (tertiary/aromatic N) is 1. The molecule has 1 heterocycles. The lowest BCUT2D eigenvalue weighted by Gasteiger charge is -2.24. The second-order valence-corrected chi connectivity index (χ2v) is 4.41. The van der Waals surface area contributed by atoms with Gasteiger partial charge >= 0.3 is 0 Å². The molecule has 1 aromatic rings. The van der Waals surface area contributed by atoms with Gasteiger partial charge < -0.3 is 0 Å². The Morgan fingerprint density at radius 2 is 2.23 bits per heavy atom. The predicted molar refractivity (Wildman–Crippen MR) is 59.6 cm³/mol. The summed E-state index contributed by atoms with van der Waals surface area (Å²) >= 11 is 0. The van der Waals surface area contributed by atoms with E-state index >= 15 is 0 Å². The normalized spacial score (nSPS) is 17.1. The molecule has 1 atom stereocenters. The van der Waals surface area contributed by atoms with E-state index in [-0.39, 0.29) is 0 Å². The van der Waals surface area contributed by atoms with Gasteiger partial charge in [0.2, 0.25) is 0 Å². The van der Waals surface area contributed by atoms with Gasteiger partial charge in [-0.1, -0.05) is 34.5 Å². The van der Waals surface area contributed by atoms with Gasteiger partial charge in [-0.15, -0.1) is 0 Å². The zero-order chi connectivity index (χ0) is 9.26. The van der Waals surface area contributed by atoms with Crippen LogP contribution in [0.1, 0.15) is 23.6 Å². The Balaban J connectivity index is 2.31. The smallest absolute Gasteiger partial charge is 0.0270 e. The van der Waals surface area contributed by atoms with E-state index in [0.29, 0.717) is 0 Å². The molecule has 0 aromatic heterocycles. The van der Waals surface area contributed by atoms with Crippen LogP contribution in [0.3, 0.4) is 0 Å². The third-order valence-electron chi connectivity index (χ3n) is 2.72. The van der Waals surface area contributed by atoms with Crippen molar-refractivity contribution in [3.63, 3.8) is 0 Å². The summed E-state index contributed by atoms with van der Waals surface area (Å²) in [6.07, 6.45) is 2.35. The van der Waals surface area contributed by atoms with Crippen molar-refractivity contribution in [3.05, 3.63) is 34.9 Å². The third kappa shape index (κ3) is 1.92. The van der Waals surface area contributed by atoms with Gasteiger partial charge in [0.15, 0.2) is 0 Å². The molecule has 1 aliphatic rings. The maximum atomic E-state index is 2.78. The van der Waals surface area contributed by atoms with E-state index in [1.807, 2.05) is 0 Å². The summed E-state index contributed by atoms with van der Waals surface area (Å²) in [5, 5.41) is 0. The summed E-state index contributed by atoms with van der Waals surface area (Å²) in [7, 11) is 2.78. The van der Waals surface area contributed by atoms with Gasteiger partial charge in [-0.05, 0) is 29.5 Å². The SMILES string of the molecule is CCc1ccc2c(c1)CCN(P)C2. The molecule has 0 bridgehead atoms. The lowest BCUT2D eigenvalue weighted by Crippen LogP contribution is -2.21. The van der Waals surface area contributed by atoms with E-state index in [0.717, 1.165) is 13.0 Å². The molecule has 0 aliphatic carbocycles. The van der Waals surface area contributed by atoms with Crippen LogP contribution in [-0.4, -0.2) is 11.2 Å². The maximum Gasteiger partial charge on any atom is 0.0270 e. The van der Waals surface area contributed by atoms with Crippen molar-refractivity contribution >= 4 is 9.39 Å². The highest BCUT2D eigenvalue weighted by molar-refractivity contribution is 7.13. The van der Waals surface area contributed by atoms with E-state index in [1.54, 1.807) is 5.56 Å². The molecule has 0 spiro atoms. The zero-order valence-electron chi connectivity index (χ0n) is 8.09. The van der Waals surface area contributed by atoms with Crippen LogP contribution in [0, 0.1) is 0 Å². The Kier molecular flexibility index (Phi) is 2.66. The van der Waals surface area contributed by atoms with E-state index in [1.165, 1.54) is 24.1 Å². The van der Waals surface area contributed by atoms with Crippen molar-refractivity contribution < 1.29 is 0 Å². The molecule has 1 nitrogen and oxygen atoms in total. The number of hydrogen-bond donors (Lipinski definition) is 0. The number of hydrogen-bond acceptors (Lipinski definition) is 1. The predicted octanol–water partition coefficient (Wildman–Crippen LogP) is 2.40. The highest BCUT2D eigenvalue weighted by atomic mass is 31.0. The molecule has 0 fully saturated rings. The Bertz CT molecular complexity index is 309. The Labute approximate surface area is 82.4 Å². The van der Waals surface area contributed by atoms with Crippen LogP contribution in [-0.2, 0) is 19.4 Å². The largest absolute Gasteiger partial charge is 0.283 e. The highest BCUT2D eigenvalue weighted by Crippen LogP contribution is 2.22. The first-order chi connectivity index (χ1) is 6.29. The molecule has 2 heteroatoms. The van der Waals surface area contributed by atoms with Crippen LogP contribution in [0.25, 0.3) is 0 Å². The molecule has 2 rings (SSSR count). The summed E-state index contributed by atoms with van der Waals surface area (Å²) in [5.41, 5.74) is 4.52. The Morgan fingerprint density at radius 3 is 3.00 bits per heavy atom. The van der Waals surface area contributed by atoms with Crippen molar-refractivity contribution in [2.75, 3.05) is 6.54 Å². The first-order valence-electron chi connectivity index (χ1n) is 4.90. The van der Waals surface area contributed by atoms with E-state index < -0.39 is 0 Å². The molecule has 0 saturated carbocycles. The fourth-order valence-corrected chi connectivity index (χ4v) is 2.17. The summed E-state index contributed by atoms with van der Waals surface area (Å²) in [6, 6.07) is 6.90. The Hall–Kier alpha value is -0.390. The molecule has 13 heavy (non-hydrogen) atoms. The standard InChI is InChI=1S/C11H16NP/c1-2-9-3-4-11-8-12(13)6-5-10(11)7-9/h3-4,7H,2,5-6,8,13H2,1H3. The van der Waals surface area contributed by atoms with Gasteiger partial charge in [0, 0.05) is 13.1 Å². The second-order valence-electron chi connectivity index (χ2n) is 3.68. The number of benzene rings is 1. The van der Waals surface area contributed by atoms with Crippen LogP contribution in [0.5, 0.6) is 0 Å². The van der Waals surface area contributed by atoms with Gasteiger partial charge in [-0.25, -0.2) is 0 Å². The number of rotatable bonds is 1. The van der Waals surface area contributed by atoms with Gasteiger partial charge in [0.05, 0.1) is 0 Å². The second kappa shape index (κ2) is 3.77. The van der Waals surface area contributed by atoms with Gasteiger partial charge in [-0.2, -0.15) is 0 Å². The monoisotopic (exact) mass is 193 g/mol. The zero-order valence-corrected chi connectivity index (χ0v) is 9.24. The molecule has 0 amide bonds. The fourth-order valence-electron chi connectivity index (χ4n) is 1.85. The van der Waals surface area contributed by atoms with Gasteiger partial charge in [0.25, 0.3) is 0 Å². The topological polar surface area (TPSA) is 3.24 Å². The van der Waals surface area contributed by atoms with Gasteiger partial charge in [0.1, 0.15) is 0 Å². The minimum absolute atomic E-state index is 1.09. The van der Waals surface area contributed by atoms with Crippen molar-refractivity contribution in [2.24, 2.45) is 0 Å². The van der Waals surface area contributed by atoms with Crippen molar-refractivity contribution in [2.45, 2.75) is 26.3 Å². The van der Waals surface area contributed by atoms with Crippen molar-refractivity contribution in [1.82, 2.24) is 4.67 Å². The fraction of sp³-hybridized carbons (Fsp3) is 0.455. The maximum absolute atomic E-state index is 2.78. The van der Waals surface area contributed by atoms with Gasteiger partial charge in [-0.3, -0.25) is 4.67 Å². The van der Waals surface area contributed by atoms with Crippen LogP contribution in [0.2, 0.25) is 0 Å². The summed E-state index contributed by atoms with van der Waals surface area (Å²) in [5.74, 6) is 0. The van der Waals surface area contributed by atoms with Crippen LogP contribution in [0.15, 0.2) is 18.2 Å². The van der Waals surface area contributed by atoms with Crippen LogP contribution in [0.4, 0.5) is 0 Å². The first kappa shape index (κ1) is 9.18. The minimum atomic E-state index is 1.09. The summed E-state index contributed by atoms with van der Waals surface area (Å²) in [6.45, 7) is 4.47. The first-order valence-corrected chi connectivity index (χ1v) is 5.41. The lowest BCUT2D eigenvalue weighted by atomic mass is 9.98. The summed E-state index contributed by atoms with van der Waals surface area (Å²) in [4.78, 5) is 0. The minimum Gasteiger partial charge on any atom is -0.283 e. The molecule has 0 radical (unpaired) electrons. The molecular weight excluding hydrogens is 177 g/mol. The average molecular weight is 193 g/mol.